The first-order chi connectivity index (χ1) is 46.1. The van der Waals surface area contributed by atoms with Crippen molar-refractivity contribution in [3.8, 4) is 0 Å². The van der Waals surface area contributed by atoms with E-state index in [4.69, 9.17) is 16.6 Å². The topological polar surface area (TPSA) is 282 Å². The van der Waals surface area contributed by atoms with Crippen molar-refractivity contribution in [3.63, 3.8) is 0 Å². The smallest absolute Gasteiger partial charge is 0.416 e. The number of carboxylic acids is 1. The summed E-state index contributed by atoms with van der Waals surface area (Å²) in [7, 11) is 1.32. The third-order valence-electron chi connectivity index (χ3n) is 13.3. The minimum absolute atomic E-state index is 0.0306. The minimum Gasteiger partial charge on any atom is -0.481 e. The van der Waals surface area contributed by atoms with Crippen LogP contribution in [0.15, 0.2) is 224 Å². The Balaban J connectivity index is 0.000000208. The molecule has 0 aliphatic heterocycles. The standard InChI is InChI=1S/C26H21F3N4O2.C18H17F3N2O3.C9H8N2.C9H11NO2.C8H4F3NO/c27-26(28,29)20-2-1-3-22(15-20)33-25(35)32-21-8-4-17(5-9-21)6-11-24(34)31-23-10-7-19-16-30-13-12-18(19)14-23;1-26-16(24)10-7-12-5-8-14(9-6-12)22-17(25)23-15-4-2-3-13(11-15)18(19,20)21;10-9-2-1-8-6-11-4-3-7(8)5-9;10-8-4-1-7(2-5-8)3-6-9(11)12;9-8(10,11)6-2-1-3-7(4-6)12-5-13/h1-5,7-10,12-16H,6,11H2,(H,31,34)(H2,32,33,35);2-6,8-9,11H,7,10H2,1H3,(H2,22,23,25);1-6H,10H2;1-2,4-5H,3,6,10H2,(H,11,12);1-4H. The molecule has 5 amide bonds. The molecular weight excluding hydrogens is 1280 g/mol. The summed E-state index contributed by atoms with van der Waals surface area (Å²) in [5, 5.41) is 25.4. The average molecular weight is 1340 g/mol. The van der Waals surface area contributed by atoms with Crippen LogP contribution in [-0.4, -0.2) is 58.2 Å². The zero-order chi connectivity index (χ0) is 70.5. The minimum atomic E-state index is -4.49. The predicted molar refractivity (Wildman–Crippen MR) is 352 cm³/mol. The molecule has 10 aromatic rings. The number of nitrogens with one attached hydrogen (secondary N) is 5. The zero-order valence-electron chi connectivity index (χ0n) is 51.2. The number of anilines is 7. The number of hydrogen-bond acceptors (Lipinski definition) is 12. The summed E-state index contributed by atoms with van der Waals surface area (Å²) >= 11 is 0. The highest BCUT2D eigenvalue weighted by Crippen LogP contribution is 2.33. The van der Waals surface area contributed by atoms with E-state index < -0.39 is 53.3 Å². The number of hydrogen-bond donors (Lipinski definition) is 8. The van der Waals surface area contributed by atoms with E-state index in [1.807, 2.05) is 66.9 Å². The largest absolute Gasteiger partial charge is 0.481 e. The lowest BCUT2D eigenvalue weighted by molar-refractivity contribution is -0.141. The van der Waals surface area contributed by atoms with E-state index in [-0.39, 0.29) is 48.2 Å². The molecule has 0 spiro atoms. The highest BCUT2D eigenvalue weighted by atomic mass is 19.4. The van der Waals surface area contributed by atoms with Gasteiger partial charge in [0.25, 0.3) is 0 Å². The molecule has 10 N–H and O–H groups in total. The quantitative estimate of drug-likeness (QED) is 0.0156. The number of carbonyl (C=O) groups excluding carboxylic acids is 5. The van der Waals surface area contributed by atoms with Gasteiger partial charge in [0.1, 0.15) is 0 Å². The van der Waals surface area contributed by atoms with Gasteiger partial charge in [-0.15, -0.1) is 0 Å². The fraction of sp³-hybridized carbons (Fsp3) is 0.143. The molecule has 0 saturated carbocycles. The number of aliphatic imine (C=N–C) groups is 1. The molecule has 8 aromatic carbocycles. The van der Waals surface area contributed by atoms with Crippen LogP contribution in [0.1, 0.15) is 52.6 Å². The maximum atomic E-state index is 12.8. The number of halogens is 9. The van der Waals surface area contributed by atoms with Crippen molar-refractivity contribution in [2.75, 3.05) is 45.2 Å². The molecule has 0 unspecified atom stereocenters. The lowest BCUT2D eigenvalue weighted by atomic mass is 10.1. The van der Waals surface area contributed by atoms with Crippen LogP contribution in [0.25, 0.3) is 21.5 Å². The number of carbonyl (C=O) groups is 5. The molecule has 0 radical (unpaired) electrons. The van der Waals surface area contributed by atoms with Crippen molar-refractivity contribution in [2.24, 2.45) is 4.99 Å². The summed E-state index contributed by atoms with van der Waals surface area (Å²) in [4.78, 5) is 78.6. The first-order valence-electron chi connectivity index (χ1n) is 28.9. The first kappa shape index (κ1) is 73.9. The fourth-order valence-electron chi connectivity index (χ4n) is 8.48. The number of fused-ring (bicyclic) bond motifs is 2. The molecule has 502 valence electrons. The molecule has 0 bridgehead atoms. The Labute approximate surface area is 548 Å². The van der Waals surface area contributed by atoms with Gasteiger partial charge < -0.3 is 47.9 Å². The zero-order valence-corrected chi connectivity index (χ0v) is 51.2. The molecule has 0 atom stereocenters. The number of isocyanates is 1. The van der Waals surface area contributed by atoms with E-state index >= 15 is 0 Å². The Morgan fingerprint density at radius 3 is 1.33 bits per heavy atom. The van der Waals surface area contributed by atoms with Crippen LogP contribution in [0.3, 0.4) is 0 Å². The van der Waals surface area contributed by atoms with Crippen LogP contribution >= 0.6 is 0 Å². The maximum absolute atomic E-state index is 12.8. The van der Waals surface area contributed by atoms with Crippen molar-refractivity contribution >= 4 is 103 Å². The number of rotatable bonds is 15. The molecule has 0 aliphatic rings. The molecule has 2 heterocycles. The fourth-order valence-corrected chi connectivity index (χ4v) is 8.48. The Morgan fingerprint density at radius 1 is 0.454 bits per heavy atom. The van der Waals surface area contributed by atoms with Gasteiger partial charge in [-0.2, -0.15) is 44.5 Å². The van der Waals surface area contributed by atoms with E-state index in [1.54, 1.807) is 79.3 Å². The maximum Gasteiger partial charge on any atom is 0.416 e. The summed E-state index contributed by atoms with van der Waals surface area (Å²) < 4.78 is 117. The number of urea groups is 2. The highest BCUT2D eigenvalue weighted by Gasteiger charge is 2.32. The summed E-state index contributed by atoms with van der Waals surface area (Å²) in [5.74, 6) is -1.21. The van der Waals surface area contributed by atoms with Crippen LogP contribution in [0.4, 0.5) is 94.6 Å². The van der Waals surface area contributed by atoms with E-state index in [1.165, 1.54) is 49.6 Å². The second-order valence-corrected chi connectivity index (χ2v) is 20.6. The van der Waals surface area contributed by atoms with Crippen LogP contribution < -0.4 is 38.1 Å². The number of aromatic nitrogens is 2. The molecule has 0 aliphatic carbocycles. The van der Waals surface area contributed by atoms with Crippen LogP contribution in [0.2, 0.25) is 0 Å². The van der Waals surface area contributed by atoms with Crippen LogP contribution in [0, 0.1) is 0 Å². The van der Waals surface area contributed by atoms with Crippen LogP contribution in [-0.2, 0) is 61.7 Å². The number of nitrogens with two attached hydrogens (primary N) is 2. The van der Waals surface area contributed by atoms with Gasteiger partial charge in [-0.05, 0) is 174 Å². The summed E-state index contributed by atoms with van der Waals surface area (Å²) in [6.45, 7) is 0. The number of nitrogen functional groups attached to an aromatic ring is 2. The molecule has 10 rings (SSSR count). The van der Waals surface area contributed by atoms with E-state index in [0.29, 0.717) is 42.0 Å². The lowest BCUT2D eigenvalue weighted by Crippen LogP contribution is -2.19. The third kappa shape index (κ3) is 26.4. The second-order valence-electron chi connectivity index (χ2n) is 20.6. The molecule has 18 nitrogen and oxygen atoms in total. The van der Waals surface area contributed by atoms with Gasteiger partial charge in [-0.3, -0.25) is 24.4 Å². The molecule has 2 aromatic heterocycles. The number of carboxylic acid groups (broad SMARTS) is 1. The number of amides is 5. The Kier molecular flexibility index (Phi) is 27.3. The number of aliphatic carboxylic acids is 1. The van der Waals surface area contributed by atoms with Gasteiger partial charge in [-0.1, -0.05) is 66.7 Å². The number of pyridine rings is 2. The van der Waals surface area contributed by atoms with Gasteiger partial charge in [-0.25, -0.2) is 14.4 Å². The SMILES string of the molecule is COC(=O)CCc1ccc(NC(=O)Nc2cccc(C(F)(F)F)c2)cc1.Nc1ccc(CCC(=O)O)cc1.Nc1ccc2cnccc2c1.O=C(CCc1ccc(NC(=O)Nc2cccc(C(F)(F)F)c2)cc1)Nc1ccc2cnccc2c1.O=C=Nc1cccc(C(F)(F)F)c1. The molecule has 0 saturated heterocycles. The van der Waals surface area contributed by atoms with E-state index in [9.17, 15) is 68.3 Å². The normalized spacial score (nSPS) is 10.7. The third-order valence-corrected chi connectivity index (χ3v) is 13.3. The van der Waals surface area contributed by atoms with Gasteiger partial charge in [0.05, 0.1) is 29.5 Å². The van der Waals surface area contributed by atoms with Gasteiger partial charge in [0.2, 0.25) is 12.0 Å². The summed E-state index contributed by atoms with van der Waals surface area (Å²) in [5.41, 5.74) is 14.5. The van der Waals surface area contributed by atoms with E-state index in [2.05, 4.69) is 46.3 Å². The highest BCUT2D eigenvalue weighted by molar-refractivity contribution is 6.01. The van der Waals surface area contributed by atoms with Crippen molar-refractivity contribution in [1.82, 2.24) is 9.97 Å². The lowest BCUT2D eigenvalue weighted by Gasteiger charge is -2.11. The van der Waals surface area contributed by atoms with Crippen molar-refractivity contribution < 1.29 is 78.1 Å². The van der Waals surface area contributed by atoms with Crippen LogP contribution in [0.5, 0.6) is 0 Å². The molecule has 0 fully saturated rings. The van der Waals surface area contributed by atoms with Crippen molar-refractivity contribution in [3.05, 3.63) is 252 Å². The van der Waals surface area contributed by atoms with Gasteiger partial charge in [0.15, 0.2) is 0 Å². The van der Waals surface area contributed by atoms with Gasteiger partial charge >= 0.3 is 42.5 Å². The number of methoxy groups -OCH3 is 1. The molecular formula is C70H61F9N10O8. The number of benzene rings is 8. The van der Waals surface area contributed by atoms with E-state index in [0.717, 1.165) is 80.3 Å². The number of nitrogens with zero attached hydrogens (tertiary/aromatic N) is 3. The average Bonchev–Trinajstić information content (AvgIpc) is 0.911. The second kappa shape index (κ2) is 35.8. The van der Waals surface area contributed by atoms with Gasteiger partial charge in [0, 0.05) is 94.6 Å². The number of aryl methyl sites for hydroxylation is 3. The molecule has 27 heteroatoms. The van der Waals surface area contributed by atoms with Crippen molar-refractivity contribution in [1.29, 1.82) is 0 Å². The Bertz CT molecular complexity index is 4320. The predicted octanol–water partition coefficient (Wildman–Crippen LogP) is 16.7. The Morgan fingerprint density at radius 2 is 0.856 bits per heavy atom. The monoisotopic (exact) mass is 1340 g/mol. The number of esters is 1. The summed E-state index contributed by atoms with van der Waals surface area (Å²) in [6, 6.07) is 47.7. The molecule has 97 heavy (non-hydrogen) atoms. The number of ether oxygens (including phenoxy) is 1. The summed E-state index contributed by atoms with van der Waals surface area (Å²) in [6.07, 6.45) is -2.90. The number of alkyl halides is 9. The Hall–Kier alpha value is -12.1. The first-order valence-corrected chi connectivity index (χ1v) is 28.9. The van der Waals surface area contributed by atoms with Crippen molar-refractivity contribution in [2.45, 2.75) is 57.1 Å².